The van der Waals surface area contributed by atoms with E-state index in [-0.39, 0.29) is 18.4 Å². The molecule has 2 heterocycles. The molecule has 3 rings (SSSR count). The number of rotatable bonds is 4. The highest BCUT2D eigenvalue weighted by atomic mass is 16.6. The van der Waals surface area contributed by atoms with E-state index in [1.807, 2.05) is 26.0 Å². The predicted molar refractivity (Wildman–Crippen MR) is 85.4 cm³/mol. The average molecular weight is 314 g/mol. The molecule has 0 radical (unpaired) electrons. The normalized spacial score (nSPS) is 14.9. The first-order valence-electron chi connectivity index (χ1n) is 7.44. The molecule has 1 atom stereocenters. The van der Waals surface area contributed by atoms with E-state index in [0.717, 1.165) is 11.1 Å². The van der Waals surface area contributed by atoms with Gasteiger partial charge in [0.05, 0.1) is 11.6 Å². The SMILES string of the molecule is CCN1C(=O)OCc2cnc(NC(C)c3ccc(O)cc3)nc21. The Kier molecular flexibility index (Phi) is 4.01. The van der Waals surface area contributed by atoms with E-state index in [1.165, 1.54) is 4.90 Å². The number of ether oxygens (including phenoxy) is 1. The number of benzene rings is 1. The summed E-state index contributed by atoms with van der Waals surface area (Å²) in [6, 6.07) is 6.90. The first kappa shape index (κ1) is 15.1. The van der Waals surface area contributed by atoms with E-state index in [9.17, 15) is 9.90 Å². The van der Waals surface area contributed by atoms with E-state index in [4.69, 9.17) is 4.74 Å². The van der Waals surface area contributed by atoms with E-state index >= 15 is 0 Å². The van der Waals surface area contributed by atoms with Crippen LogP contribution in [0.3, 0.4) is 0 Å². The Hall–Kier alpha value is -2.83. The van der Waals surface area contributed by atoms with Crippen LogP contribution in [-0.2, 0) is 11.3 Å². The molecule has 1 aliphatic rings. The molecule has 1 amide bonds. The minimum atomic E-state index is -0.392. The molecule has 23 heavy (non-hydrogen) atoms. The van der Waals surface area contributed by atoms with Crippen LogP contribution in [0.2, 0.25) is 0 Å². The molecule has 0 saturated heterocycles. The highest BCUT2D eigenvalue weighted by molar-refractivity contribution is 5.89. The van der Waals surface area contributed by atoms with Crippen molar-refractivity contribution in [3.05, 3.63) is 41.6 Å². The van der Waals surface area contributed by atoms with Crippen LogP contribution in [-0.4, -0.2) is 27.7 Å². The minimum Gasteiger partial charge on any atom is -0.508 e. The van der Waals surface area contributed by atoms with E-state index in [2.05, 4.69) is 15.3 Å². The van der Waals surface area contributed by atoms with Crippen LogP contribution in [0, 0.1) is 0 Å². The Balaban J connectivity index is 1.82. The molecule has 0 bridgehead atoms. The zero-order chi connectivity index (χ0) is 16.4. The molecule has 1 unspecified atom stereocenters. The number of nitrogens with one attached hydrogen (secondary N) is 1. The van der Waals surface area contributed by atoms with Gasteiger partial charge in [-0.3, -0.25) is 4.90 Å². The Morgan fingerprint density at radius 2 is 2.13 bits per heavy atom. The van der Waals surface area contributed by atoms with Crippen LogP contribution in [0.1, 0.15) is 31.0 Å². The van der Waals surface area contributed by atoms with Gasteiger partial charge in [-0.25, -0.2) is 9.78 Å². The molecule has 0 fully saturated rings. The van der Waals surface area contributed by atoms with Gasteiger partial charge in [0.2, 0.25) is 5.95 Å². The first-order valence-corrected chi connectivity index (χ1v) is 7.44. The standard InChI is InChI=1S/C16H18N4O3/c1-3-20-14-12(9-23-16(20)22)8-17-15(19-14)18-10(2)11-4-6-13(21)7-5-11/h4-8,10,21H,3,9H2,1-2H3,(H,17,18,19). The van der Waals surface area contributed by atoms with Gasteiger partial charge in [0, 0.05) is 12.7 Å². The lowest BCUT2D eigenvalue weighted by atomic mass is 10.1. The van der Waals surface area contributed by atoms with Gasteiger partial charge in [-0.1, -0.05) is 12.1 Å². The van der Waals surface area contributed by atoms with Gasteiger partial charge < -0.3 is 15.2 Å². The fraction of sp³-hybridized carbons (Fsp3) is 0.312. The lowest BCUT2D eigenvalue weighted by Gasteiger charge is -2.27. The molecule has 0 saturated carbocycles. The smallest absolute Gasteiger partial charge is 0.415 e. The zero-order valence-electron chi connectivity index (χ0n) is 13.0. The number of carbonyl (C=O) groups is 1. The summed E-state index contributed by atoms with van der Waals surface area (Å²) in [4.78, 5) is 22.0. The van der Waals surface area contributed by atoms with Crippen molar-refractivity contribution in [1.29, 1.82) is 0 Å². The number of nitrogens with zero attached hydrogens (tertiary/aromatic N) is 3. The molecule has 120 valence electrons. The highest BCUT2D eigenvalue weighted by Crippen LogP contribution is 2.26. The summed E-state index contributed by atoms with van der Waals surface area (Å²) < 4.78 is 5.07. The topological polar surface area (TPSA) is 87.6 Å². The second kappa shape index (κ2) is 6.12. The summed E-state index contributed by atoms with van der Waals surface area (Å²) in [5.74, 6) is 1.25. The lowest BCUT2D eigenvalue weighted by Crippen LogP contribution is -2.36. The quantitative estimate of drug-likeness (QED) is 0.902. The van der Waals surface area contributed by atoms with E-state index < -0.39 is 6.09 Å². The molecule has 2 N–H and O–H groups in total. The maximum atomic E-state index is 11.8. The second-order valence-corrected chi connectivity index (χ2v) is 5.30. The van der Waals surface area contributed by atoms with Gasteiger partial charge in [-0.15, -0.1) is 0 Å². The summed E-state index contributed by atoms with van der Waals surface area (Å²) in [7, 11) is 0. The van der Waals surface area contributed by atoms with Crippen molar-refractivity contribution in [3.63, 3.8) is 0 Å². The van der Waals surface area contributed by atoms with Crippen LogP contribution < -0.4 is 10.2 Å². The van der Waals surface area contributed by atoms with Gasteiger partial charge in [-0.05, 0) is 31.5 Å². The third-order valence-corrected chi connectivity index (χ3v) is 3.72. The highest BCUT2D eigenvalue weighted by Gasteiger charge is 2.26. The van der Waals surface area contributed by atoms with Gasteiger partial charge >= 0.3 is 6.09 Å². The number of hydrogen-bond donors (Lipinski definition) is 2. The number of fused-ring (bicyclic) bond motifs is 1. The number of carbonyl (C=O) groups excluding carboxylic acids is 1. The maximum Gasteiger partial charge on any atom is 0.415 e. The molecule has 0 spiro atoms. The average Bonchev–Trinajstić information content (AvgIpc) is 2.55. The van der Waals surface area contributed by atoms with Gasteiger partial charge in [0.1, 0.15) is 18.2 Å². The summed E-state index contributed by atoms with van der Waals surface area (Å²) >= 11 is 0. The molecule has 0 aliphatic carbocycles. The van der Waals surface area contributed by atoms with Crippen molar-refractivity contribution in [3.8, 4) is 5.75 Å². The van der Waals surface area contributed by atoms with Crippen molar-refractivity contribution < 1.29 is 14.6 Å². The van der Waals surface area contributed by atoms with Crippen LogP contribution >= 0.6 is 0 Å². The van der Waals surface area contributed by atoms with Crippen molar-refractivity contribution >= 4 is 17.9 Å². The molecule has 2 aromatic rings. The first-order chi connectivity index (χ1) is 11.1. The van der Waals surface area contributed by atoms with Crippen LogP contribution in [0.15, 0.2) is 30.5 Å². The number of amides is 1. The molecular formula is C16H18N4O3. The number of phenols is 1. The van der Waals surface area contributed by atoms with Crippen molar-refractivity contribution in [2.24, 2.45) is 0 Å². The van der Waals surface area contributed by atoms with Crippen LogP contribution in [0.25, 0.3) is 0 Å². The molecule has 1 aromatic carbocycles. The lowest BCUT2D eigenvalue weighted by molar-refractivity contribution is 0.141. The Morgan fingerprint density at radius 3 is 2.83 bits per heavy atom. The largest absolute Gasteiger partial charge is 0.508 e. The third kappa shape index (κ3) is 3.03. The minimum absolute atomic E-state index is 0.0423. The van der Waals surface area contributed by atoms with Crippen LogP contribution in [0.5, 0.6) is 5.75 Å². The number of anilines is 2. The van der Waals surface area contributed by atoms with Gasteiger partial charge in [0.15, 0.2) is 0 Å². The zero-order valence-corrected chi connectivity index (χ0v) is 13.0. The summed E-state index contributed by atoms with van der Waals surface area (Å²) in [5.41, 5.74) is 1.78. The fourth-order valence-corrected chi connectivity index (χ4v) is 2.43. The van der Waals surface area contributed by atoms with Gasteiger partial charge in [-0.2, -0.15) is 4.98 Å². The fourth-order valence-electron chi connectivity index (χ4n) is 2.43. The molecule has 1 aromatic heterocycles. The summed E-state index contributed by atoms with van der Waals surface area (Å²) in [5, 5.41) is 12.6. The Morgan fingerprint density at radius 1 is 1.39 bits per heavy atom. The van der Waals surface area contributed by atoms with Crippen molar-refractivity contribution in [2.75, 3.05) is 16.8 Å². The number of aromatic nitrogens is 2. The third-order valence-electron chi connectivity index (χ3n) is 3.72. The van der Waals surface area contributed by atoms with Crippen molar-refractivity contribution in [2.45, 2.75) is 26.5 Å². The van der Waals surface area contributed by atoms with E-state index in [1.54, 1.807) is 18.3 Å². The second-order valence-electron chi connectivity index (χ2n) is 5.30. The van der Waals surface area contributed by atoms with E-state index in [0.29, 0.717) is 18.3 Å². The number of aromatic hydroxyl groups is 1. The van der Waals surface area contributed by atoms with Crippen molar-refractivity contribution in [1.82, 2.24) is 9.97 Å². The molecular weight excluding hydrogens is 296 g/mol. The predicted octanol–water partition coefficient (Wildman–Crippen LogP) is 2.83. The monoisotopic (exact) mass is 314 g/mol. The Labute approximate surface area is 133 Å². The number of phenolic OH excluding ortho intramolecular Hbond substituents is 1. The molecule has 7 nitrogen and oxygen atoms in total. The van der Waals surface area contributed by atoms with Gasteiger partial charge in [0.25, 0.3) is 0 Å². The van der Waals surface area contributed by atoms with Crippen LogP contribution in [0.4, 0.5) is 16.6 Å². The number of hydrogen-bond acceptors (Lipinski definition) is 6. The summed E-state index contributed by atoms with van der Waals surface area (Å²) in [6.07, 6.45) is 1.28. The summed E-state index contributed by atoms with van der Waals surface area (Å²) in [6.45, 7) is 4.51. The molecule has 7 heteroatoms. The Bertz CT molecular complexity index is 718. The maximum absolute atomic E-state index is 11.8. The molecule has 1 aliphatic heterocycles. The number of cyclic esters (lactones) is 1.